The number of hydrogen-bond donors (Lipinski definition) is 8. The summed E-state index contributed by atoms with van der Waals surface area (Å²) in [7, 11) is 1.61. The quantitative estimate of drug-likeness (QED) is 0.0706. The van der Waals surface area contributed by atoms with Crippen molar-refractivity contribution in [2.24, 2.45) is 0 Å². The fourth-order valence-corrected chi connectivity index (χ4v) is 6.69. The lowest BCUT2D eigenvalue weighted by Gasteiger charge is -2.33. The molecule has 0 spiro atoms. The molecule has 4 aromatic heterocycles. The van der Waals surface area contributed by atoms with Gasteiger partial charge in [-0.1, -0.05) is 24.3 Å². The number of benzene rings is 2. The van der Waals surface area contributed by atoms with E-state index in [1.165, 1.54) is 40.2 Å². The number of ether oxygens (including phenoxy) is 5. The van der Waals surface area contributed by atoms with Gasteiger partial charge in [-0.2, -0.15) is 9.97 Å². The average Bonchev–Trinajstić information content (AvgIpc) is 4.00. The molecular weight excluding hydrogens is 779 g/mol. The number of rotatable bonds is 13. The summed E-state index contributed by atoms with van der Waals surface area (Å²) in [5, 5.41) is 60.2. The Kier molecular flexibility index (Phi) is 12.4. The fraction of sp³-hybridized carbons (Fsp3) is 0.405. The molecule has 6 aromatic rings. The molecule has 2 aromatic carbocycles. The van der Waals surface area contributed by atoms with Crippen LogP contribution < -0.4 is 20.9 Å². The lowest BCUT2D eigenvalue weighted by Crippen LogP contribution is -2.48. The van der Waals surface area contributed by atoms with Crippen molar-refractivity contribution in [3.63, 3.8) is 0 Å². The molecular formula is C37H43FN10O11. The minimum Gasteiger partial charge on any atom is -0.497 e. The third-order valence-corrected chi connectivity index (χ3v) is 9.89. The van der Waals surface area contributed by atoms with Gasteiger partial charge >= 0.3 is 6.01 Å². The van der Waals surface area contributed by atoms with E-state index in [9.17, 15) is 35.0 Å². The van der Waals surface area contributed by atoms with Gasteiger partial charge in [0.15, 0.2) is 40.8 Å². The van der Waals surface area contributed by atoms with E-state index >= 15 is 0 Å². The van der Waals surface area contributed by atoms with Crippen LogP contribution in [0.3, 0.4) is 0 Å². The number of aromatic nitrogens is 8. The lowest BCUT2D eigenvalue weighted by molar-refractivity contribution is -0.313. The molecule has 22 heteroatoms. The number of halogens is 1. The number of fused-ring (bicyclic) bond motifs is 2. The second-order valence-corrected chi connectivity index (χ2v) is 13.6. The minimum absolute atomic E-state index is 0.0494. The van der Waals surface area contributed by atoms with Crippen molar-refractivity contribution < 1.29 is 58.7 Å². The van der Waals surface area contributed by atoms with E-state index in [0.717, 1.165) is 16.9 Å². The van der Waals surface area contributed by atoms with Gasteiger partial charge in [0.2, 0.25) is 0 Å². The molecule has 0 bridgehead atoms. The summed E-state index contributed by atoms with van der Waals surface area (Å²) < 4.78 is 43.9. The van der Waals surface area contributed by atoms with Crippen molar-refractivity contribution in [2.45, 2.75) is 61.6 Å². The average molecular weight is 823 g/mol. The number of imidazole rings is 2. The molecule has 2 aliphatic heterocycles. The van der Waals surface area contributed by atoms with Gasteiger partial charge in [0, 0.05) is 6.42 Å². The van der Waals surface area contributed by atoms with E-state index in [4.69, 9.17) is 35.2 Å². The number of nitrogens with zero attached hydrogens (tertiary/aromatic N) is 8. The summed E-state index contributed by atoms with van der Waals surface area (Å²) in [6.07, 6.45) is -3.54. The summed E-state index contributed by atoms with van der Waals surface area (Å²) >= 11 is 0. The zero-order valence-electron chi connectivity index (χ0n) is 31.5. The Balaban J connectivity index is 0.000000179. The molecule has 0 unspecified atom stereocenters. The van der Waals surface area contributed by atoms with E-state index < -0.39 is 62.0 Å². The Morgan fingerprint density at radius 1 is 0.763 bits per heavy atom. The van der Waals surface area contributed by atoms with Crippen LogP contribution in [0.4, 0.5) is 16.0 Å². The summed E-state index contributed by atoms with van der Waals surface area (Å²) in [5.41, 5.74) is 14.8. The Morgan fingerprint density at radius 3 is 2.08 bits per heavy atom. The number of methoxy groups -OCH3 is 1. The number of aliphatic hydroxyl groups excluding tert-OH is 6. The van der Waals surface area contributed by atoms with Crippen LogP contribution in [0.2, 0.25) is 0 Å². The summed E-state index contributed by atoms with van der Waals surface area (Å²) in [4.78, 5) is 24.8. The number of nitrogens with two attached hydrogens (primary N) is 2. The molecule has 2 fully saturated rings. The summed E-state index contributed by atoms with van der Waals surface area (Å²) in [6, 6.07) is 13.6. The lowest BCUT2D eigenvalue weighted by atomic mass is 10.1. The Hall–Kier alpha value is -5.69. The first kappa shape index (κ1) is 41.5. The Morgan fingerprint density at radius 2 is 1.42 bits per heavy atom. The van der Waals surface area contributed by atoms with E-state index in [0.29, 0.717) is 25.0 Å². The van der Waals surface area contributed by atoms with Crippen LogP contribution in [-0.4, -0.2) is 140 Å². The number of aliphatic hydroxyl groups is 6. The zero-order valence-corrected chi connectivity index (χ0v) is 31.5. The van der Waals surface area contributed by atoms with E-state index in [2.05, 4.69) is 29.9 Å². The molecule has 21 nitrogen and oxygen atoms in total. The fourth-order valence-electron chi connectivity index (χ4n) is 6.69. The third-order valence-electron chi connectivity index (χ3n) is 9.89. The van der Waals surface area contributed by atoms with Crippen molar-refractivity contribution in [2.75, 3.05) is 45.0 Å². The predicted octanol–water partition coefficient (Wildman–Crippen LogP) is -0.820. The smallest absolute Gasteiger partial charge is 0.320 e. The molecule has 0 amide bonds. The van der Waals surface area contributed by atoms with E-state index in [1.54, 1.807) is 19.2 Å². The van der Waals surface area contributed by atoms with Crippen molar-refractivity contribution in [1.29, 1.82) is 0 Å². The van der Waals surface area contributed by atoms with Gasteiger partial charge in [0.05, 0.1) is 39.9 Å². The Bertz CT molecular complexity index is 2340. The highest BCUT2D eigenvalue weighted by Gasteiger charge is 2.57. The number of hydrogen-bond acceptors (Lipinski definition) is 19. The molecule has 10 N–H and O–H groups in total. The molecule has 0 aliphatic carbocycles. The largest absolute Gasteiger partial charge is 0.497 e. The van der Waals surface area contributed by atoms with Gasteiger partial charge in [-0.05, 0) is 41.8 Å². The second-order valence-electron chi connectivity index (χ2n) is 13.6. The topological polar surface area (TPSA) is 307 Å². The highest BCUT2D eigenvalue weighted by atomic mass is 19.1. The second kappa shape index (κ2) is 17.7. The molecule has 2 saturated heterocycles. The first-order valence-corrected chi connectivity index (χ1v) is 18.3. The van der Waals surface area contributed by atoms with Crippen LogP contribution in [0, 0.1) is 5.82 Å². The van der Waals surface area contributed by atoms with Crippen LogP contribution in [0.1, 0.15) is 17.4 Å². The molecule has 6 heterocycles. The van der Waals surface area contributed by atoms with Gasteiger partial charge in [0.25, 0.3) is 5.91 Å². The predicted molar refractivity (Wildman–Crippen MR) is 203 cm³/mol. The van der Waals surface area contributed by atoms with Crippen LogP contribution in [0.25, 0.3) is 22.3 Å². The van der Waals surface area contributed by atoms with Crippen molar-refractivity contribution in [3.05, 3.63) is 84.5 Å². The maximum absolute atomic E-state index is 13.1. The van der Waals surface area contributed by atoms with Gasteiger partial charge < -0.3 is 65.8 Å². The van der Waals surface area contributed by atoms with Gasteiger partial charge in [0.1, 0.15) is 60.3 Å². The first-order chi connectivity index (χ1) is 28.5. The highest BCUT2D eigenvalue weighted by molar-refractivity contribution is 5.82. The van der Waals surface area contributed by atoms with Gasteiger partial charge in [-0.15, -0.1) is 0 Å². The van der Waals surface area contributed by atoms with E-state index in [-0.39, 0.29) is 46.9 Å². The van der Waals surface area contributed by atoms with Crippen molar-refractivity contribution in [1.82, 2.24) is 39.0 Å². The standard InChI is InChI=1S/C19H23N5O6.C18H20FN5O5/c1-28-11-4-2-10(3-5-11)6-7-29-19-22-16(20)13-17(23-19)24(9-21-13)18-15(27)14(26)12(8-25)30-18;19-11-3-1-10(2-4-11)5-6-28-18(15(27)14(26)12(7-25)29-18)24-9-23-13-16(20)21-8-22-17(13)24/h2-5,9,12,14-15,18,25-27H,6-8H2,1H3,(H2,20,22,23);1-4,8-9,12,14-15,25-27H,5-7H2,(H2,20,21,22)/t2*12-,14-,15-,18-/m11/s1. The monoisotopic (exact) mass is 822 g/mol. The maximum Gasteiger partial charge on any atom is 0.320 e. The molecule has 8 atom stereocenters. The van der Waals surface area contributed by atoms with Crippen LogP contribution in [-0.2, 0) is 33.0 Å². The SMILES string of the molecule is COc1ccc(CCOc2nc(N)c3ncn([C@@H]4O[C@H](CO)[C@@H](O)[C@H]4O)c3n2)cc1.Nc1ncnc2c1ncn2[C@]1(OCCc2ccc(F)cc2)O[C@H](CO)[C@@H](O)[C@H]1O. The van der Waals surface area contributed by atoms with E-state index in [1.807, 2.05) is 24.3 Å². The maximum atomic E-state index is 13.1. The molecule has 8 rings (SSSR count). The van der Waals surface area contributed by atoms with Gasteiger partial charge in [-0.3, -0.25) is 9.13 Å². The third kappa shape index (κ3) is 8.30. The summed E-state index contributed by atoms with van der Waals surface area (Å²) in [6.45, 7) is -0.601. The van der Waals surface area contributed by atoms with Crippen LogP contribution >= 0.6 is 0 Å². The Labute approximate surface area is 334 Å². The molecule has 0 radical (unpaired) electrons. The molecule has 59 heavy (non-hydrogen) atoms. The summed E-state index contributed by atoms with van der Waals surface area (Å²) in [5.74, 6) is -1.23. The van der Waals surface area contributed by atoms with Crippen molar-refractivity contribution in [3.8, 4) is 11.8 Å². The van der Waals surface area contributed by atoms with Gasteiger partial charge in [-0.25, -0.2) is 24.3 Å². The van der Waals surface area contributed by atoms with Crippen LogP contribution in [0.15, 0.2) is 67.5 Å². The number of nitrogen functional groups attached to an aromatic ring is 2. The zero-order chi connectivity index (χ0) is 41.8. The highest BCUT2D eigenvalue weighted by Crippen LogP contribution is 2.39. The molecule has 2 aliphatic rings. The number of anilines is 2. The van der Waals surface area contributed by atoms with Crippen LogP contribution in [0.5, 0.6) is 11.8 Å². The molecule has 0 saturated carbocycles. The minimum atomic E-state index is -1.90. The molecule has 314 valence electrons. The van der Waals surface area contributed by atoms with Crippen molar-refractivity contribution >= 4 is 34.0 Å². The first-order valence-electron chi connectivity index (χ1n) is 18.3. The normalized spacial score (nSPS) is 25.3.